The van der Waals surface area contributed by atoms with E-state index in [4.69, 9.17) is 0 Å². The van der Waals surface area contributed by atoms with Crippen LogP contribution in [0.15, 0.2) is 78.9 Å². The monoisotopic (exact) mass is 476 g/mol. The number of rotatable bonds is 5. The summed E-state index contributed by atoms with van der Waals surface area (Å²) in [6.07, 6.45) is -4.55. The van der Waals surface area contributed by atoms with Crippen LogP contribution in [0.2, 0.25) is 0 Å². The molecule has 1 amide bonds. The number of hydrogen-bond acceptors (Lipinski definition) is 2. The van der Waals surface area contributed by atoms with Crippen molar-refractivity contribution < 1.29 is 22.8 Å². The molecule has 0 saturated heterocycles. The van der Waals surface area contributed by atoms with Crippen molar-refractivity contribution in [1.29, 1.82) is 0 Å². The molecule has 3 aromatic carbocycles. The predicted molar refractivity (Wildman–Crippen MR) is 129 cm³/mol. The van der Waals surface area contributed by atoms with E-state index in [1.54, 1.807) is 68.4 Å². The van der Waals surface area contributed by atoms with Crippen LogP contribution >= 0.6 is 0 Å². The summed E-state index contributed by atoms with van der Waals surface area (Å²) in [5, 5.41) is 2.80. The van der Waals surface area contributed by atoms with Crippen molar-refractivity contribution in [3.63, 3.8) is 0 Å². The molecule has 7 heteroatoms. The molecule has 178 valence electrons. The van der Waals surface area contributed by atoms with Gasteiger partial charge in [0.05, 0.1) is 22.5 Å². The number of ketones is 1. The molecule has 0 spiro atoms. The number of nitrogens with zero attached hydrogens (tertiary/aromatic N) is 1. The first-order valence-electron chi connectivity index (χ1n) is 10.9. The molecule has 0 unspecified atom stereocenters. The van der Waals surface area contributed by atoms with Gasteiger partial charge in [-0.2, -0.15) is 13.2 Å². The van der Waals surface area contributed by atoms with Gasteiger partial charge in [-0.15, -0.1) is 0 Å². The fourth-order valence-electron chi connectivity index (χ4n) is 4.17. The fourth-order valence-corrected chi connectivity index (χ4v) is 4.17. The van der Waals surface area contributed by atoms with Crippen LogP contribution in [0.5, 0.6) is 0 Å². The molecule has 1 heterocycles. The molecule has 0 atom stereocenters. The second kappa shape index (κ2) is 9.25. The number of aryl methyl sites for hydroxylation is 2. The number of halogens is 3. The van der Waals surface area contributed by atoms with E-state index >= 15 is 0 Å². The van der Waals surface area contributed by atoms with Crippen molar-refractivity contribution in [1.82, 2.24) is 4.57 Å². The van der Waals surface area contributed by atoms with Gasteiger partial charge in [0.2, 0.25) is 0 Å². The number of hydrogen-bond donors (Lipinski definition) is 1. The summed E-state index contributed by atoms with van der Waals surface area (Å²) in [4.78, 5) is 26.4. The maximum atomic E-state index is 13.6. The Balaban J connectivity index is 1.72. The number of benzene rings is 3. The molecule has 0 aliphatic heterocycles. The highest BCUT2D eigenvalue weighted by Gasteiger charge is 2.34. The smallest absolute Gasteiger partial charge is 0.321 e. The van der Waals surface area contributed by atoms with Crippen molar-refractivity contribution >= 4 is 17.4 Å². The van der Waals surface area contributed by atoms with Gasteiger partial charge in [0, 0.05) is 22.5 Å². The Kier molecular flexibility index (Phi) is 6.35. The normalized spacial score (nSPS) is 11.4. The maximum Gasteiger partial charge on any atom is 0.418 e. The van der Waals surface area contributed by atoms with Crippen LogP contribution in [0, 0.1) is 20.8 Å². The third kappa shape index (κ3) is 4.75. The van der Waals surface area contributed by atoms with Gasteiger partial charge in [-0.05, 0) is 56.7 Å². The summed E-state index contributed by atoms with van der Waals surface area (Å²) in [6, 6.07) is 20.6. The number of carbonyl (C=O) groups is 2. The first kappa shape index (κ1) is 24.0. The lowest BCUT2D eigenvalue weighted by Crippen LogP contribution is -2.17. The SMILES string of the molecule is Cc1ccc(C(=O)c2ccccc2)c(NC(=O)c2cc(C)n(-c3ccccc3C(F)(F)F)c2C)c1. The molecular weight excluding hydrogens is 453 g/mol. The van der Waals surface area contributed by atoms with Gasteiger partial charge in [0.25, 0.3) is 5.91 Å². The van der Waals surface area contributed by atoms with Crippen LogP contribution in [0.1, 0.15) is 48.8 Å². The van der Waals surface area contributed by atoms with E-state index in [2.05, 4.69) is 5.32 Å². The Morgan fingerprint density at radius 1 is 0.800 bits per heavy atom. The van der Waals surface area contributed by atoms with E-state index < -0.39 is 17.6 Å². The summed E-state index contributed by atoms with van der Waals surface area (Å²) in [5.41, 5.74) is 2.21. The van der Waals surface area contributed by atoms with Crippen LogP contribution in [0.3, 0.4) is 0 Å². The minimum atomic E-state index is -4.55. The predicted octanol–water partition coefficient (Wildman–Crippen LogP) is 6.90. The van der Waals surface area contributed by atoms with E-state index in [1.165, 1.54) is 22.8 Å². The summed E-state index contributed by atoms with van der Waals surface area (Å²) in [6.45, 7) is 5.08. The van der Waals surface area contributed by atoms with Gasteiger partial charge >= 0.3 is 6.18 Å². The third-order valence-corrected chi connectivity index (χ3v) is 5.83. The molecule has 0 aliphatic rings. The van der Waals surface area contributed by atoms with Crippen molar-refractivity contribution in [2.45, 2.75) is 26.9 Å². The van der Waals surface area contributed by atoms with Gasteiger partial charge in [0.15, 0.2) is 5.78 Å². The molecule has 0 aliphatic carbocycles. The molecule has 0 bridgehead atoms. The zero-order valence-electron chi connectivity index (χ0n) is 19.4. The summed E-state index contributed by atoms with van der Waals surface area (Å²) in [7, 11) is 0. The quantitative estimate of drug-likeness (QED) is 0.319. The average molecular weight is 476 g/mol. The maximum absolute atomic E-state index is 13.6. The van der Waals surface area contributed by atoms with E-state index in [0.29, 0.717) is 28.2 Å². The van der Waals surface area contributed by atoms with Crippen LogP contribution in [-0.2, 0) is 6.18 Å². The van der Waals surface area contributed by atoms with Crippen molar-refractivity contribution in [2.24, 2.45) is 0 Å². The highest BCUT2D eigenvalue weighted by Crippen LogP contribution is 2.35. The number of carbonyl (C=O) groups excluding carboxylic acids is 2. The van der Waals surface area contributed by atoms with Crippen LogP contribution in [-0.4, -0.2) is 16.3 Å². The Morgan fingerprint density at radius 3 is 2.14 bits per heavy atom. The molecule has 4 nitrogen and oxygen atoms in total. The van der Waals surface area contributed by atoms with E-state index in [1.807, 2.05) is 6.92 Å². The molecule has 0 fully saturated rings. The van der Waals surface area contributed by atoms with Crippen molar-refractivity contribution in [3.8, 4) is 5.69 Å². The average Bonchev–Trinajstić information content (AvgIpc) is 3.12. The van der Waals surface area contributed by atoms with Crippen LogP contribution < -0.4 is 5.32 Å². The number of alkyl halides is 3. The summed E-state index contributed by atoms with van der Waals surface area (Å²) in [5.74, 6) is -0.757. The Hall–Kier alpha value is -4.13. The van der Waals surface area contributed by atoms with Crippen LogP contribution in [0.25, 0.3) is 5.69 Å². The fraction of sp³-hybridized carbons (Fsp3) is 0.143. The zero-order valence-corrected chi connectivity index (χ0v) is 19.4. The Labute approximate surface area is 201 Å². The number of aromatic nitrogens is 1. The van der Waals surface area contributed by atoms with Crippen molar-refractivity contribution in [2.75, 3.05) is 5.32 Å². The molecule has 35 heavy (non-hydrogen) atoms. The van der Waals surface area contributed by atoms with Gasteiger partial charge in [-0.3, -0.25) is 9.59 Å². The van der Waals surface area contributed by atoms with Crippen LogP contribution in [0.4, 0.5) is 18.9 Å². The van der Waals surface area contributed by atoms with Gasteiger partial charge in [-0.1, -0.05) is 48.5 Å². The number of amides is 1. The third-order valence-electron chi connectivity index (χ3n) is 5.83. The largest absolute Gasteiger partial charge is 0.418 e. The first-order valence-corrected chi connectivity index (χ1v) is 10.9. The lowest BCUT2D eigenvalue weighted by molar-refractivity contribution is -0.137. The Morgan fingerprint density at radius 2 is 1.46 bits per heavy atom. The zero-order chi connectivity index (χ0) is 25.3. The minimum Gasteiger partial charge on any atom is -0.321 e. The lowest BCUT2D eigenvalue weighted by Gasteiger charge is -2.17. The number of para-hydroxylation sites is 1. The molecule has 4 aromatic rings. The number of nitrogens with one attached hydrogen (secondary N) is 1. The summed E-state index contributed by atoms with van der Waals surface area (Å²) >= 11 is 0. The standard InChI is InChI=1S/C28H23F3N2O2/c1-17-13-14-21(26(34)20-9-5-4-6-10-20)24(15-17)32-27(35)22-16-18(2)33(19(22)3)25-12-8-7-11-23(25)28(29,30)31/h4-16H,1-3H3,(H,32,35). The summed E-state index contributed by atoms with van der Waals surface area (Å²) < 4.78 is 42.3. The van der Waals surface area contributed by atoms with Gasteiger partial charge in [0.1, 0.15) is 0 Å². The second-order valence-corrected chi connectivity index (χ2v) is 8.33. The number of anilines is 1. The molecular formula is C28H23F3N2O2. The Bertz CT molecular complexity index is 1420. The molecule has 1 aromatic heterocycles. The molecule has 0 radical (unpaired) electrons. The molecule has 4 rings (SSSR count). The van der Waals surface area contributed by atoms with E-state index in [-0.39, 0.29) is 17.0 Å². The van der Waals surface area contributed by atoms with Crippen molar-refractivity contribution in [3.05, 3.63) is 118 Å². The van der Waals surface area contributed by atoms with Gasteiger partial charge < -0.3 is 9.88 Å². The van der Waals surface area contributed by atoms with E-state index in [9.17, 15) is 22.8 Å². The first-order chi connectivity index (χ1) is 16.6. The molecule has 1 N–H and O–H groups in total. The second-order valence-electron chi connectivity index (χ2n) is 8.33. The van der Waals surface area contributed by atoms with Gasteiger partial charge in [-0.25, -0.2) is 0 Å². The minimum absolute atomic E-state index is 0.0513. The topological polar surface area (TPSA) is 51.1 Å². The highest BCUT2D eigenvalue weighted by molar-refractivity contribution is 6.15. The lowest BCUT2D eigenvalue weighted by atomic mass is 10.00. The molecule has 0 saturated carbocycles. The van der Waals surface area contributed by atoms with E-state index in [0.717, 1.165) is 11.6 Å². The highest BCUT2D eigenvalue weighted by atomic mass is 19.4.